The van der Waals surface area contributed by atoms with Crippen LogP contribution in [0.15, 0.2) is 41.9 Å². The highest BCUT2D eigenvalue weighted by Crippen LogP contribution is 2.21. The molecule has 3 aromatic rings. The molecule has 5 heteroatoms. The molecular formula is C17H18N2O2S. The van der Waals surface area contributed by atoms with Crippen molar-refractivity contribution in [3.8, 4) is 0 Å². The largest absolute Gasteiger partial charge is 0.387 e. The predicted octanol–water partition coefficient (Wildman–Crippen LogP) is 3.01. The summed E-state index contributed by atoms with van der Waals surface area (Å²) in [5, 5.41) is 16.1. The Morgan fingerprint density at radius 3 is 2.91 bits per heavy atom. The summed E-state index contributed by atoms with van der Waals surface area (Å²) in [6.45, 7) is 2.16. The minimum atomic E-state index is -0.713. The highest BCUT2D eigenvalue weighted by atomic mass is 32.1. The second kappa shape index (κ2) is 5.94. The van der Waals surface area contributed by atoms with E-state index in [1.807, 2.05) is 60.4 Å². The normalized spacial score (nSPS) is 12.5. The second-order valence-electron chi connectivity index (χ2n) is 5.46. The number of amides is 1. The second-order valence-corrected chi connectivity index (χ2v) is 6.37. The number of aliphatic hydroxyl groups is 1. The van der Waals surface area contributed by atoms with Crippen molar-refractivity contribution in [1.29, 1.82) is 0 Å². The van der Waals surface area contributed by atoms with Crippen LogP contribution in [0.4, 0.5) is 0 Å². The Hall–Kier alpha value is -2.11. The van der Waals surface area contributed by atoms with E-state index in [0.29, 0.717) is 4.88 Å². The average molecular weight is 314 g/mol. The Bertz CT molecular complexity index is 819. The number of hydrogen-bond donors (Lipinski definition) is 2. The Balaban J connectivity index is 1.67. The van der Waals surface area contributed by atoms with E-state index in [0.717, 1.165) is 22.0 Å². The van der Waals surface area contributed by atoms with Gasteiger partial charge in [-0.25, -0.2) is 0 Å². The first-order valence-electron chi connectivity index (χ1n) is 7.11. The highest BCUT2D eigenvalue weighted by molar-refractivity contribution is 7.12. The Labute approximate surface area is 133 Å². The summed E-state index contributed by atoms with van der Waals surface area (Å²) in [4.78, 5) is 12.7. The van der Waals surface area contributed by atoms with Crippen LogP contribution in [0, 0.1) is 6.92 Å². The minimum absolute atomic E-state index is 0.141. The van der Waals surface area contributed by atoms with Crippen LogP contribution in [0.3, 0.4) is 0 Å². The van der Waals surface area contributed by atoms with Crippen LogP contribution in [-0.2, 0) is 7.05 Å². The molecule has 114 valence electrons. The first kappa shape index (κ1) is 14.8. The number of benzene rings is 1. The van der Waals surface area contributed by atoms with Gasteiger partial charge in [0, 0.05) is 25.3 Å². The molecule has 2 N–H and O–H groups in total. The zero-order valence-electron chi connectivity index (χ0n) is 12.5. The van der Waals surface area contributed by atoms with Crippen molar-refractivity contribution in [2.75, 3.05) is 6.54 Å². The lowest BCUT2D eigenvalue weighted by Gasteiger charge is -2.12. The van der Waals surface area contributed by atoms with Gasteiger partial charge in [-0.1, -0.05) is 6.07 Å². The Morgan fingerprint density at radius 1 is 1.36 bits per heavy atom. The number of aliphatic hydroxyl groups excluding tert-OH is 1. The maximum absolute atomic E-state index is 12.0. The fourth-order valence-corrected chi connectivity index (χ4v) is 3.27. The van der Waals surface area contributed by atoms with E-state index >= 15 is 0 Å². The van der Waals surface area contributed by atoms with Gasteiger partial charge < -0.3 is 15.0 Å². The molecule has 3 rings (SSSR count). The number of rotatable bonds is 4. The van der Waals surface area contributed by atoms with Gasteiger partial charge >= 0.3 is 0 Å². The van der Waals surface area contributed by atoms with Crippen molar-refractivity contribution < 1.29 is 9.90 Å². The third kappa shape index (κ3) is 2.91. The van der Waals surface area contributed by atoms with Crippen molar-refractivity contribution in [1.82, 2.24) is 9.88 Å². The summed E-state index contributed by atoms with van der Waals surface area (Å²) in [5.74, 6) is -0.141. The number of nitrogens with zero attached hydrogens (tertiary/aromatic N) is 1. The first-order chi connectivity index (χ1) is 10.5. The minimum Gasteiger partial charge on any atom is -0.387 e. The van der Waals surface area contributed by atoms with E-state index in [-0.39, 0.29) is 12.5 Å². The van der Waals surface area contributed by atoms with E-state index in [4.69, 9.17) is 0 Å². The third-order valence-electron chi connectivity index (χ3n) is 3.70. The Kier molecular flexibility index (Phi) is 4.00. The molecule has 0 aliphatic heterocycles. The molecule has 2 heterocycles. The molecule has 0 bridgehead atoms. The summed E-state index contributed by atoms with van der Waals surface area (Å²) in [6, 6.07) is 9.70. The smallest absolute Gasteiger partial charge is 0.261 e. The Morgan fingerprint density at radius 2 is 2.18 bits per heavy atom. The summed E-state index contributed by atoms with van der Waals surface area (Å²) in [7, 11) is 1.99. The number of fused-ring (bicyclic) bond motifs is 1. The maximum atomic E-state index is 12.0. The van der Waals surface area contributed by atoms with Crippen LogP contribution in [0.1, 0.15) is 26.9 Å². The lowest BCUT2D eigenvalue weighted by molar-refractivity contribution is 0.0920. The highest BCUT2D eigenvalue weighted by Gasteiger charge is 2.13. The van der Waals surface area contributed by atoms with Crippen molar-refractivity contribution >= 4 is 28.1 Å². The lowest BCUT2D eigenvalue weighted by atomic mass is 10.1. The molecule has 1 amide bonds. The van der Waals surface area contributed by atoms with Crippen LogP contribution < -0.4 is 5.32 Å². The van der Waals surface area contributed by atoms with E-state index in [9.17, 15) is 9.90 Å². The van der Waals surface area contributed by atoms with Crippen molar-refractivity contribution in [3.05, 3.63) is 57.9 Å². The summed E-state index contributed by atoms with van der Waals surface area (Å²) >= 11 is 1.41. The van der Waals surface area contributed by atoms with E-state index in [2.05, 4.69) is 5.32 Å². The zero-order chi connectivity index (χ0) is 15.7. The van der Waals surface area contributed by atoms with Crippen molar-refractivity contribution in [2.45, 2.75) is 13.0 Å². The standard InChI is InChI=1S/C17H18N2O2S/c1-11-7-16(22-10-11)17(21)18-9-15(20)13-3-4-14-12(8-13)5-6-19(14)2/h3-8,10,15,20H,9H2,1-2H3,(H,18,21). The molecule has 1 aromatic carbocycles. The summed E-state index contributed by atoms with van der Waals surface area (Å²) < 4.78 is 2.03. The van der Waals surface area contributed by atoms with Gasteiger partial charge in [-0.05, 0) is 53.1 Å². The molecule has 1 unspecified atom stereocenters. The molecule has 0 saturated heterocycles. The zero-order valence-corrected chi connectivity index (χ0v) is 13.4. The van der Waals surface area contributed by atoms with Gasteiger partial charge in [-0.3, -0.25) is 4.79 Å². The molecular weight excluding hydrogens is 296 g/mol. The van der Waals surface area contributed by atoms with Crippen LogP contribution in [0.25, 0.3) is 10.9 Å². The molecule has 0 aliphatic rings. The number of aromatic nitrogens is 1. The van der Waals surface area contributed by atoms with Crippen LogP contribution in [-0.4, -0.2) is 22.1 Å². The number of thiophene rings is 1. The molecule has 0 fully saturated rings. The van der Waals surface area contributed by atoms with Gasteiger partial charge in [-0.15, -0.1) is 11.3 Å². The van der Waals surface area contributed by atoms with Gasteiger partial charge in [0.25, 0.3) is 5.91 Å². The lowest BCUT2D eigenvalue weighted by Crippen LogP contribution is -2.27. The molecule has 2 aromatic heterocycles. The molecule has 22 heavy (non-hydrogen) atoms. The van der Waals surface area contributed by atoms with Gasteiger partial charge in [0.1, 0.15) is 0 Å². The topological polar surface area (TPSA) is 54.3 Å². The number of carbonyl (C=O) groups excluding carboxylic acids is 1. The molecule has 1 atom stereocenters. The van der Waals surface area contributed by atoms with Gasteiger partial charge in [-0.2, -0.15) is 0 Å². The van der Waals surface area contributed by atoms with Crippen LogP contribution in [0.5, 0.6) is 0 Å². The predicted molar refractivity (Wildman–Crippen MR) is 89.3 cm³/mol. The maximum Gasteiger partial charge on any atom is 0.261 e. The van der Waals surface area contributed by atoms with E-state index < -0.39 is 6.10 Å². The number of aryl methyl sites for hydroxylation is 2. The fraction of sp³-hybridized carbons (Fsp3) is 0.235. The quantitative estimate of drug-likeness (QED) is 0.778. The first-order valence-corrected chi connectivity index (χ1v) is 7.99. The molecule has 4 nitrogen and oxygen atoms in total. The van der Waals surface area contributed by atoms with Crippen molar-refractivity contribution in [3.63, 3.8) is 0 Å². The van der Waals surface area contributed by atoms with Crippen molar-refractivity contribution in [2.24, 2.45) is 7.05 Å². The average Bonchev–Trinajstić information content (AvgIpc) is 3.11. The molecule has 0 radical (unpaired) electrons. The molecule has 0 spiro atoms. The van der Waals surface area contributed by atoms with E-state index in [1.54, 1.807) is 0 Å². The molecule has 0 saturated carbocycles. The number of carbonyl (C=O) groups is 1. The summed E-state index contributed by atoms with van der Waals surface area (Å²) in [6.07, 6.45) is 1.27. The summed E-state index contributed by atoms with van der Waals surface area (Å²) in [5.41, 5.74) is 3.00. The van der Waals surface area contributed by atoms with Gasteiger partial charge in [0.2, 0.25) is 0 Å². The SMILES string of the molecule is Cc1csc(C(=O)NCC(O)c2ccc3c(ccn3C)c2)c1. The monoisotopic (exact) mass is 314 g/mol. The number of hydrogen-bond acceptors (Lipinski definition) is 3. The fourth-order valence-electron chi connectivity index (χ4n) is 2.45. The van der Waals surface area contributed by atoms with Gasteiger partial charge in [0.05, 0.1) is 11.0 Å². The van der Waals surface area contributed by atoms with Gasteiger partial charge in [0.15, 0.2) is 0 Å². The number of nitrogens with one attached hydrogen (secondary N) is 1. The van der Waals surface area contributed by atoms with Crippen LogP contribution >= 0.6 is 11.3 Å². The molecule has 0 aliphatic carbocycles. The van der Waals surface area contributed by atoms with Crippen LogP contribution in [0.2, 0.25) is 0 Å². The van der Waals surface area contributed by atoms with E-state index in [1.165, 1.54) is 11.3 Å². The third-order valence-corrected chi connectivity index (χ3v) is 4.75.